The number of anilines is 1. The topological polar surface area (TPSA) is 104 Å². The minimum absolute atomic E-state index is 0.0418. The molecule has 8 heteroatoms. The number of hydrogen-bond donors (Lipinski definition) is 1. The molecule has 0 saturated carbocycles. The third-order valence-electron chi connectivity index (χ3n) is 8.02. The van der Waals surface area contributed by atoms with Crippen LogP contribution in [0.25, 0.3) is 0 Å². The number of carbonyl (C=O) groups excluding carboxylic acids is 1. The van der Waals surface area contributed by atoms with Crippen LogP contribution in [0, 0.1) is 22.0 Å². The summed E-state index contributed by atoms with van der Waals surface area (Å²) in [6.45, 7) is 2.10. The van der Waals surface area contributed by atoms with Gasteiger partial charge in [0.1, 0.15) is 0 Å². The number of amides is 1. The molecule has 36 heavy (non-hydrogen) atoms. The lowest BCUT2D eigenvalue weighted by atomic mass is 9.54. The van der Waals surface area contributed by atoms with Gasteiger partial charge in [0.2, 0.25) is 5.91 Å². The summed E-state index contributed by atoms with van der Waals surface area (Å²) >= 11 is 0. The average Bonchev–Trinajstić information content (AvgIpc) is 2.92. The Morgan fingerprint density at radius 3 is 1.67 bits per heavy atom. The summed E-state index contributed by atoms with van der Waals surface area (Å²) in [5, 5.41) is 21.3. The number of non-ortho nitro benzene ring substituents is 1. The van der Waals surface area contributed by atoms with Crippen molar-refractivity contribution in [1.29, 1.82) is 0 Å². The van der Waals surface area contributed by atoms with E-state index in [1.165, 1.54) is 12.1 Å². The number of aliphatic carboxylic acids is 1. The molecular formula is C28H25N3O5. The molecule has 1 saturated heterocycles. The second kappa shape index (κ2) is 8.48. The maximum atomic E-state index is 14.0. The van der Waals surface area contributed by atoms with Gasteiger partial charge in [-0.3, -0.25) is 19.7 Å². The normalized spacial score (nSPS) is 24.1. The van der Waals surface area contributed by atoms with E-state index in [4.69, 9.17) is 0 Å². The molecule has 1 fully saturated rings. The fourth-order valence-electron chi connectivity index (χ4n) is 6.45. The molecule has 0 unspecified atom stereocenters. The molecule has 3 aromatic carbocycles. The summed E-state index contributed by atoms with van der Waals surface area (Å²) in [5.41, 5.74) is 5.06. The molecule has 2 atom stereocenters. The fourth-order valence-corrected chi connectivity index (χ4v) is 6.45. The molecule has 3 aromatic rings. The van der Waals surface area contributed by atoms with Gasteiger partial charge in [-0.15, -0.1) is 0 Å². The summed E-state index contributed by atoms with van der Waals surface area (Å²) < 4.78 is 0. The van der Waals surface area contributed by atoms with Gasteiger partial charge < -0.3 is 14.9 Å². The highest BCUT2D eigenvalue weighted by molar-refractivity contribution is 5.90. The predicted octanol–water partition coefficient (Wildman–Crippen LogP) is 3.85. The van der Waals surface area contributed by atoms with E-state index in [9.17, 15) is 24.8 Å². The lowest BCUT2D eigenvalue weighted by Gasteiger charge is -2.50. The number of carboxylic acids is 1. The highest BCUT2D eigenvalue weighted by atomic mass is 16.6. The van der Waals surface area contributed by atoms with Gasteiger partial charge in [0, 0.05) is 55.8 Å². The molecule has 0 spiro atoms. The number of hydrogen-bond acceptors (Lipinski definition) is 5. The van der Waals surface area contributed by atoms with Crippen molar-refractivity contribution >= 4 is 23.3 Å². The molecule has 1 N–H and O–H groups in total. The first kappa shape index (κ1) is 22.3. The number of nitrogens with zero attached hydrogens (tertiary/aromatic N) is 3. The van der Waals surface area contributed by atoms with Gasteiger partial charge in [-0.25, -0.2) is 0 Å². The zero-order chi connectivity index (χ0) is 25.0. The Kier molecular flexibility index (Phi) is 5.25. The van der Waals surface area contributed by atoms with Crippen molar-refractivity contribution in [3.05, 3.63) is 105 Å². The van der Waals surface area contributed by atoms with E-state index in [2.05, 4.69) is 4.90 Å². The zero-order valence-corrected chi connectivity index (χ0v) is 19.5. The van der Waals surface area contributed by atoms with Crippen LogP contribution in [0.15, 0.2) is 72.8 Å². The van der Waals surface area contributed by atoms with Crippen LogP contribution in [0.4, 0.5) is 11.4 Å². The molecule has 2 bridgehead atoms. The second-order valence-electron chi connectivity index (χ2n) is 9.69. The summed E-state index contributed by atoms with van der Waals surface area (Å²) in [7, 11) is 0. The summed E-state index contributed by atoms with van der Waals surface area (Å²) in [6.07, 6.45) is 0. The third-order valence-corrected chi connectivity index (χ3v) is 8.02. The van der Waals surface area contributed by atoms with Gasteiger partial charge >= 0.3 is 5.97 Å². The van der Waals surface area contributed by atoms with E-state index in [1.807, 2.05) is 48.5 Å². The minimum atomic E-state index is -0.933. The van der Waals surface area contributed by atoms with E-state index in [-0.39, 0.29) is 23.4 Å². The summed E-state index contributed by atoms with van der Waals surface area (Å²) in [4.78, 5) is 41.1. The smallest absolute Gasteiger partial charge is 0.308 e. The van der Waals surface area contributed by atoms with Crippen molar-refractivity contribution in [2.75, 3.05) is 31.1 Å². The van der Waals surface area contributed by atoms with Crippen LogP contribution in [0.3, 0.4) is 0 Å². The monoisotopic (exact) mass is 483 g/mol. The number of rotatable bonds is 4. The molecule has 182 valence electrons. The quantitative estimate of drug-likeness (QED) is 0.447. The van der Waals surface area contributed by atoms with E-state index < -0.39 is 22.7 Å². The van der Waals surface area contributed by atoms with Crippen LogP contribution in [0.1, 0.15) is 34.1 Å². The van der Waals surface area contributed by atoms with Crippen molar-refractivity contribution in [2.45, 2.75) is 11.8 Å². The summed E-state index contributed by atoms with van der Waals surface area (Å²) in [6, 6.07) is 22.3. The Balaban J connectivity index is 1.29. The Morgan fingerprint density at radius 1 is 0.750 bits per heavy atom. The van der Waals surface area contributed by atoms with Crippen LogP contribution in [-0.4, -0.2) is 53.0 Å². The maximum Gasteiger partial charge on any atom is 0.308 e. The van der Waals surface area contributed by atoms with Crippen molar-refractivity contribution in [3.63, 3.8) is 0 Å². The second-order valence-corrected chi connectivity index (χ2v) is 9.69. The molecule has 7 rings (SSSR count). The zero-order valence-electron chi connectivity index (χ0n) is 19.5. The number of carboxylic acid groups (broad SMARTS) is 1. The fraction of sp³-hybridized carbons (Fsp3) is 0.286. The van der Waals surface area contributed by atoms with Gasteiger partial charge in [-0.1, -0.05) is 48.5 Å². The molecule has 1 amide bonds. The van der Waals surface area contributed by atoms with Crippen LogP contribution < -0.4 is 4.90 Å². The van der Waals surface area contributed by atoms with Crippen LogP contribution >= 0.6 is 0 Å². The number of benzene rings is 3. The number of nitro groups is 1. The molecule has 8 nitrogen and oxygen atoms in total. The van der Waals surface area contributed by atoms with E-state index >= 15 is 0 Å². The molecule has 4 aliphatic rings. The third kappa shape index (κ3) is 3.36. The largest absolute Gasteiger partial charge is 0.481 e. The molecule has 0 radical (unpaired) electrons. The van der Waals surface area contributed by atoms with Gasteiger partial charge in [0.25, 0.3) is 5.69 Å². The van der Waals surface area contributed by atoms with E-state index in [1.54, 1.807) is 17.0 Å². The van der Waals surface area contributed by atoms with E-state index in [0.717, 1.165) is 27.9 Å². The lowest BCUT2D eigenvalue weighted by molar-refractivity contribution is -0.384. The number of nitro benzene ring substituents is 1. The van der Waals surface area contributed by atoms with Crippen molar-refractivity contribution in [3.8, 4) is 0 Å². The van der Waals surface area contributed by atoms with Crippen LogP contribution in [0.5, 0.6) is 0 Å². The maximum absolute atomic E-state index is 14.0. The first-order valence-electron chi connectivity index (χ1n) is 12.1. The van der Waals surface area contributed by atoms with Gasteiger partial charge in [-0.2, -0.15) is 0 Å². The molecule has 3 aliphatic carbocycles. The number of piperazine rings is 1. The highest BCUT2D eigenvalue weighted by Gasteiger charge is 2.56. The Labute approximate surface area is 207 Å². The first-order valence-corrected chi connectivity index (χ1v) is 12.1. The Bertz CT molecular complexity index is 1320. The van der Waals surface area contributed by atoms with Gasteiger partial charge in [-0.05, 0) is 34.4 Å². The van der Waals surface area contributed by atoms with Crippen LogP contribution in [-0.2, 0) is 9.59 Å². The van der Waals surface area contributed by atoms with E-state index in [0.29, 0.717) is 26.2 Å². The summed E-state index contributed by atoms with van der Waals surface area (Å²) in [5.74, 6) is -3.16. The minimum Gasteiger partial charge on any atom is -0.481 e. The molecule has 0 aromatic heterocycles. The highest BCUT2D eigenvalue weighted by Crippen LogP contribution is 2.58. The van der Waals surface area contributed by atoms with Crippen LogP contribution in [0.2, 0.25) is 0 Å². The number of carbonyl (C=O) groups is 2. The molecule has 1 aliphatic heterocycles. The SMILES string of the molecule is O=C(O)[C@H]1C2c3ccccc3C(c3ccccc32)[C@@H]1C(=O)N1CCN(c2ccc([N+](=O)[O-])cc2)CC1. The van der Waals surface area contributed by atoms with Crippen molar-refractivity contribution < 1.29 is 19.6 Å². The van der Waals surface area contributed by atoms with Gasteiger partial charge in [0.15, 0.2) is 0 Å². The molecular weight excluding hydrogens is 458 g/mol. The van der Waals surface area contributed by atoms with Crippen molar-refractivity contribution in [1.82, 2.24) is 4.90 Å². The average molecular weight is 484 g/mol. The van der Waals surface area contributed by atoms with Gasteiger partial charge in [0.05, 0.1) is 16.8 Å². The Morgan fingerprint density at radius 2 is 1.22 bits per heavy atom. The molecule has 1 heterocycles. The Hall–Kier alpha value is -4.20. The standard InChI is InChI=1S/C28H25N3O5/c32-27(30-15-13-29(14-16-30)17-9-11-18(12-10-17)31(35)36)25-23-19-5-1-3-7-21(19)24(26(25)28(33)34)22-8-4-2-6-20(22)23/h1-12,23-26H,13-16H2,(H,33,34)/t23?,24?,25-,26-/m0/s1. The first-order chi connectivity index (χ1) is 17.5. The lowest BCUT2D eigenvalue weighted by Crippen LogP contribution is -2.55. The number of fused-ring (bicyclic) bond motifs is 1. The van der Waals surface area contributed by atoms with Crippen molar-refractivity contribution in [2.24, 2.45) is 11.8 Å². The predicted molar refractivity (Wildman–Crippen MR) is 133 cm³/mol.